The van der Waals surface area contributed by atoms with Gasteiger partial charge >= 0.3 is 40.1 Å². The Balaban J connectivity index is 2.32. The monoisotopic (exact) mass is 230 g/mol. The van der Waals surface area contributed by atoms with Gasteiger partial charge in [0.05, 0.1) is 0 Å². The molecule has 0 aromatic rings. The summed E-state index contributed by atoms with van der Waals surface area (Å²) in [6.07, 6.45) is 0. The van der Waals surface area contributed by atoms with E-state index in [-0.39, 0.29) is 0 Å². The van der Waals surface area contributed by atoms with Gasteiger partial charge in [-0.1, -0.05) is 0 Å². The molecule has 0 amide bonds. The van der Waals surface area contributed by atoms with Gasteiger partial charge in [0.1, 0.15) is 0 Å². The van der Waals surface area contributed by atoms with Crippen LogP contribution in [0.25, 0.3) is 0 Å². The molecule has 0 aliphatic carbocycles. The Labute approximate surface area is 40.1 Å². The third kappa shape index (κ3) is 10.4. The van der Waals surface area contributed by atoms with E-state index in [1.165, 1.54) is 0 Å². The Morgan fingerprint density at radius 3 is 1.50 bits per heavy atom. The molecule has 0 bridgehead atoms. The van der Waals surface area contributed by atoms with Gasteiger partial charge in [0.15, 0.2) is 0 Å². The van der Waals surface area contributed by atoms with E-state index in [0.717, 1.165) is 0 Å². The third-order valence-electron chi connectivity index (χ3n) is 0. The topological polar surface area (TPSA) is 0 Å². The molecule has 0 aromatic carbocycles. The first-order valence-corrected chi connectivity index (χ1v) is 15.4. The van der Waals surface area contributed by atoms with Crippen LogP contribution in [-0.4, -0.2) is 17.5 Å². The van der Waals surface area contributed by atoms with Crippen molar-refractivity contribution in [2.24, 2.45) is 0 Å². The van der Waals surface area contributed by atoms with Gasteiger partial charge in [-0.15, -0.1) is 0 Å². The van der Waals surface area contributed by atoms with Crippen LogP contribution in [0.1, 0.15) is 0 Å². The molecular formula is C2H7BrSn. The molecule has 0 fully saturated rings. The first-order chi connectivity index (χ1) is 1.73. The van der Waals surface area contributed by atoms with Crippen molar-refractivity contribution in [1.82, 2.24) is 0 Å². The van der Waals surface area contributed by atoms with Gasteiger partial charge in [0, 0.05) is 0 Å². The Bertz CT molecular complexity index is 10.8. The van der Waals surface area contributed by atoms with E-state index in [1.807, 2.05) is 0 Å². The summed E-state index contributed by atoms with van der Waals surface area (Å²) in [7, 11) is 0. The van der Waals surface area contributed by atoms with Crippen LogP contribution in [0.2, 0.25) is 9.88 Å². The number of halogens is 1. The molecule has 0 unspecified atom stereocenters. The van der Waals surface area contributed by atoms with Crippen LogP contribution in [0.5, 0.6) is 0 Å². The maximum atomic E-state index is 3.48. The van der Waals surface area contributed by atoms with Crippen LogP contribution in [-0.2, 0) is 0 Å². The van der Waals surface area contributed by atoms with Crippen molar-refractivity contribution in [2.75, 3.05) is 0 Å². The summed E-state index contributed by atoms with van der Waals surface area (Å²) in [4.78, 5) is 4.59. The number of rotatable bonds is 0. The Kier molecular flexibility index (Phi) is 3.32. The third-order valence-corrected chi connectivity index (χ3v) is 0. The van der Waals surface area contributed by atoms with E-state index < -0.39 is 17.5 Å². The van der Waals surface area contributed by atoms with Gasteiger partial charge in [-0.25, -0.2) is 0 Å². The van der Waals surface area contributed by atoms with Gasteiger partial charge < -0.3 is 0 Å². The molecule has 0 atom stereocenters. The summed E-state index contributed by atoms with van der Waals surface area (Å²) in [6, 6.07) is 0. The van der Waals surface area contributed by atoms with Gasteiger partial charge in [-0.2, -0.15) is 0 Å². The van der Waals surface area contributed by atoms with Crippen molar-refractivity contribution >= 4 is 30.2 Å². The van der Waals surface area contributed by atoms with E-state index in [1.54, 1.807) is 0 Å². The maximum absolute atomic E-state index is 3.48. The molecule has 4 heavy (non-hydrogen) atoms. The Morgan fingerprint density at radius 2 is 1.50 bits per heavy atom. The van der Waals surface area contributed by atoms with Crippen molar-refractivity contribution < 1.29 is 0 Å². The van der Waals surface area contributed by atoms with E-state index in [2.05, 4.69) is 22.6 Å². The normalized spacial score (nSPS) is 9.00. The van der Waals surface area contributed by atoms with Crippen LogP contribution in [0, 0.1) is 0 Å². The molecule has 0 radical (unpaired) electrons. The van der Waals surface area contributed by atoms with Gasteiger partial charge in [-0.3, -0.25) is 0 Å². The summed E-state index contributed by atoms with van der Waals surface area (Å²) in [5.41, 5.74) is 0. The first kappa shape index (κ1) is 5.28. The first-order valence-electron chi connectivity index (χ1n) is 1.37. The molecule has 0 aliphatic rings. The van der Waals surface area contributed by atoms with Gasteiger partial charge in [0.2, 0.25) is 0 Å². The molecule has 0 heterocycles. The van der Waals surface area contributed by atoms with E-state index >= 15 is 0 Å². The van der Waals surface area contributed by atoms with Crippen LogP contribution < -0.4 is 0 Å². The minimum atomic E-state index is -0.824. The van der Waals surface area contributed by atoms with Crippen LogP contribution >= 0.6 is 12.7 Å². The summed E-state index contributed by atoms with van der Waals surface area (Å²) < 4.78 is 0. The zero-order chi connectivity index (χ0) is 3.58. The fraction of sp³-hybridized carbons (Fsp3) is 1.00. The standard InChI is InChI=1S/2CH3.BrH.Sn.H/h2*1H3;1H;;/q;;;+1;/p-1. The molecule has 0 N–H and O–H groups in total. The second-order valence-corrected chi connectivity index (χ2v) is 19.1. The molecule has 0 nitrogen and oxygen atoms in total. The summed E-state index contributed by atoms with van der Waals surface area (Å²) in [5.74, 6) is 0. The second kappa shape index (κ2) is 2.51. The van der Waals surface area contributed by atoms with Crippen LogP contribution in [0.4, 0.5) is 0 Å². The molecule has 0 aromatic heterocycles. The second-order valence-electron chi connectivity index (χ2n) is 1.01. The number of hydrogen-bond acceptors (Lipinski definition) is 0. The fourth-order valence-corrected chi connectivity index (χ4v) is 0. The predicted octanol–water partition coefficient (Wildman–Crippen LogP) is 1.36. The SMILES string of the molecule is [CH3][SnH]([CH3])[Br]. The van der Waals surface area contributed by atoms with E-state index in [0.29, 0.717) is 0 Å². The van der Waals surface area contributed by atoms with Crippen molar-refractivity contribution in [2.45, 2.75) is 9.88 Å². The average Bonchev–Trinajstić information content (AvgIpc) is 0.811. The van der Waals surface area contributed by atoms with Crippen molar-refractivity contribution in [1.29, 1.82) is 0 Å². The molecule has 0 rings (SSSR count). The average molecular weight is 230 g/mol. The molecule has 0 saturated carbocycles. The minimum absolute atomic E-state index is 0.824. The fourth-order valence-electron chi connectivity index (χ4n) is 0. The molecule has 0 saturated heterocycles. The quantitative estimate of drug-likeness (QED) is 0.551. The summed E-state index contributed by atoms with van der Waals surface area (Å²) in [5, 5.41) is 0. The zero-order valence-corrected chi connectivity index (χ0v) is 7.84. The predicted molar refractivity (Wildman–Crippen MR) is 27.8 cm³/mol. The molecular weight excluding hydrogens is 223 g/mol. The van der Waals surface area contributed by atoms with Crippen molar-refractivity contribution in [3.05, 3.63) is 0 Å². The van der Waals surface area contributed by atoms with Gasteiger partial charge in [-0.05, 0) is 0 Å². The Morgan fingerprint density at radius 1 is 1.50 bits per heavy atom. The molecule has 2 heteroatoms. The van der Waals surface area contributed by atoms with E-state index in [4.69, 9.17) is 0 Å². The summed E-state index contributed by atoms with van der Waals surface area (Å²) >= 11 is 2.66. The van der Waals surface area contributed by atoms with Crippen molar-refractivity contribution in [3.8, 4) is 0 Å². The van der Waals surface area contributed by atoms with Crippen LogP contribution in [0.3, 0.4) is 0 Å². The number of hydrogen-bond donors (Lipinski definition) is 0. The van der Waals surface area contributed by atoms with Crippen molar-refractivity contribution in [3.63, 3.8) is 0 Å². The Hall–Kier alpha value is 1.28. The van der Waals surface area contributed by atoms with Crippen LogP contribution in [0.15, 0.2) is 0 Å². The molecule has 26 valence electrons. The van der Waals surface area contributed by atoms with Gasteiger partial charge in [0.25, 0.3) is 0 Å². The zero-order valence-electron chi connectivity index (χ0n) is 2.96. The molecule has 0 aliphatic heterocycles. The van der Waals surface area contributed by atoms with E-state index in [9.17, 15) is 0 Å². The molecule has 0 spiro atoms. The summed E-state index contributed by atoms with van der Waals surface area (Å²) in [6.45, 7) is 0.